The quantitative estimate of drug-likeness (QED) is 0.585. The SMILES string of the molecule is COC(=O)c1nn2cccnc2c1I. The predicted octanol–water partition coefficient (Wildman–Crippen LogP) is 1.12. The van der Waals surface area contributed by atoms with Gasteiger partial charge < -0.3 is 4.74 Å². The monoisotopic (exact) mass is 303 g/mol. The van der Waals surface area contributed by atoms with Crippen molar-refractivity contribution in [3.05, 3.63) is 27.7 Å². The summed E-state index contributed by atoms with van der Waals surface area (Å²) in [5, 5.41) is 4.06. The van der Waals surface area contributed by atoms with Gasteiger partial charge in [0.2, 0.25) is 0 Å². The molecule has 0 bridgehead atoms. The zero-order valence-corrected chi connectivity index (χ0v) is 9.43. The Labute approximate surface area is 93.2 Å². The van der Waals surface area contributed by atoms with Crippen molar-refractivity contribution in [1.29, 1.82) is 0 Å². The number of rotatable bonds is 1. The molecule has 2 aromatic rings. The van der Waals surface area contributed by atoms with E-state index < -0.39 is 5.97 Å². The molecule has 0 spiro atoms. The summed E-state index contributed by atoms with van der Waals surface area (Å²) in [6.45, 7) is 0. The molecule has 0 fully saturated rings. The Morgan fingerprint density at radius 1 is 1.64 bits per heavy atom. The van der Waals surface area contributed by atoms with Gasteiger partial charge in [-0.05, 0) is 28.7 Å². The Morgan fingerprint density at radius 2 is 2.43 bits per heavy atom. The molecule has 0 aliphatic rings. The summed E-state index contributed by atoms with van der Waals surface area (Å²) in [7, 11) is 1.33. The Morgan fingerprint density at radius 3 is 3.07 bits per heavy atom. The standard InChI is InChI=1S/C8H6IN3O2/c1-14-8(13)6-5(9)7-10-3-2-4-12(7)11-6/h2-4H,1H3. The number of halogens is 1. The van der Waals surface area contributed by atoms with Crippen molar-refractivity contribution in [2.24, 2.45) is 0 Å². The van der Waals surface area contributed by atoms with Crippen molar-refractivity contribution >= 4 is 34.2 Å². The van der Waals surface area contributed by atoms with Gasteiger partial charge in [0.1, 0.15) is 0 Å². The van der Waals surface area contributed by atoms with Crippen molar-refractivity contribution in [3.63, 3.8) is 0 Å². The maximum Gasteiger partial charge on any atom is 0.359 e. The molecular formula is C8H6IN3O2. The van der Waals surface area contributed by atoms with Gasteiger partial charge in [-0.1, -0.05) is 0 Å². The van der Waals surface area contributed by atoms with Crippen molar-refractivity contribution in [1.82, 2.24) is 14.6 Å². The Bertz CT molecular complexity index is 494. The Kier molecular flexibility index (Phi) is 2.36. The molecule has 0 aromatic carbocycles. The van der Waals surface area contributed by atoms with E-state index in [4.69, 9.17) is 0 Å². The van der Waals surface area contributed by atoms with E-state index in [1.165, 1.54) is 7.11 Å². The van der Waals surface area contributed by atoms with E-state index in [0.717, 1.165) is 0 Å². The first kappa shape index (κ1) is 9.38. The first-order valence-electron chi connectivity index (χ1n) is 3.81. The molecular weight excluding hydrogens is 297 g/mol. The number of ether oxygens (including phenoxy) is 1. The highest BCUT2D eigenvalue weighted by molar-refractivity contribution is 14.1. The van der Waals surface area contributed by atoms with Crippen LogP contribution in [0.2, 0.25) is 0 Å². The third-order valence-electron chi connectivity index (χ3n) is 1.72. The van der Waals surface area contributed by atoms with Gasteiger partial charge in [0.15, 0.2) is 11.3 Å². The fraction of sp³-hybridized carbons (Fsp3) is 0.125. The van der Waals surface area contributed by atoms with E-state index in [1.807, 2.05) is 22.6 Å². The smallest absolute Gasteiger partial charge is 0.359 e. The van der Waals surface area contributed by atoms with Crippen LogP contribution in [0.3, 0.4) is 0 Å². The molecule has 0 aliphatic heterocycles. The molecule has 0 saturated heterocycles. The van der Waals surface area contributed by atoms with Gasteiger partial charge in [-0.15, -0.1) is 0 Å². The lowest BCUT2D eigenvalue weighted by Gasteiger charge is -1.91. The minimum Gasteiger partial charge on any atom is -0.464 e. The first-order valence-corrected chi connectivity index (χ1v) is 4.89. The highest BCUT2D eigenvalue weighted by atomic mass is 127. The minimum absolute atomic E-state index is 0.298. The van der Waals surface area contributed by atoms with E-state index in [0.29, 0.717) is 14.9 Å². The first-order chi connectivity index (χ1) is 6.74. The molecule has 2 aromatic heterocycles. The molecule has 0 saturated carbocycles. The van der Waals surface area contributed by atoms with Crippen LogP contribution in [-0.2, 0) is 4.74 Å². The highest BCUT2D eigenvalue weighted by Gasteiger charge is 2.17. The van der Waals surface area contributed by atoms with Crippen LogP contribution in [0.5, 0.6) is 0 Å². The number of hydrogen-bond donors (Lipinski definition) is 0. The van der Waals surface area contributed by atoms with Crippen LogP contribution in [0.1, 0.15) is 10.5 Å². The van der Waals surface area contributed by atoms with Gasteiger partial charge in [-0.3, -0.25) is 0 Å². The molecule has 5 nitrogen and oxygen atoms in total. The maximum atomic E-state index is 11.3. The molecule has 0 atom stereocenters. The number of carbonyl (C=O) groups excluding carboxylic acids is 1. The molecule has 0 unspecified atom stereocenters. The van der Waals surface area contributed by atoms with E-state index in [-0.39, 0.29) is 0 Å². The van der Waals surface area contributed by atoms with Gasteiger partial charge in [0, 0.05) is 12.4 Å². The van der Waals surface area contributed by atoms with Crippen molar-refractivity contribution in [3.8, 4) is 0 Å². The number of fused-ring (bicyclic) bond motifs is 1. The van der Waals surface area contributed by atoms with Crippen LogP contribution < -0.4 is 0 Å². The lowest BCUT2D eigenvalue weighted by Crippen LogP contribution is -2.03. The minimum atomic E-state index is -0.445. The zero-order chi connectivity index (χ0) is 10.1. The van der Waals surface area contributed by atoms with Gasteiger partial charge >= 0.3 is 5.97 Å². The van der Waals surface area contributed by atoms with Crippen LogP contribution in [0.15, 0.2) is 18.5 Å². The molecule has 6 heteroatoms. The van der Waals surface area contributed by atoms with Gasteiger partial charge in [0.05, 0.1) is 10.7 Å². The highest BCUT2D eigenvalue weighted by Crippen LogP contribution is 2.16. The molecule has 0 aliphatic carbocycles. The van der Waals surface area contributed by atoms with Crippen LogP contribution in [-0.4, -0.2) is 27.7 Å². The second kappa shape index (κ2) is 3.52. The van der Waals surface area contributed by atoms with E-state index >= 15 is 0 Å². The molecule has 0 amide bonds. The van der Waals surface area contributed by atoms with E-state index in [2.05, 4.69) is 14.8 Å². The van der Waals surface area contributed by atoms with E-state index in [9.17, 15) is 4.79 Å². The Hall–Kier alpha value is -1.18. The second-order valence-electron chi connectivity index (χ2n) is 2.54. The number of aromatic nitrogens is 3. The molecule has 2 heterocycles. The largest absolute Gasteiger partial charge is 0.464 e. The summed E-state index contributed by atoms with van der Waals surface area (Å²) in [6.07, 6.45) is 3.39. The van der Waals surface area contributed by atoms with Crippen LogP contribution in [0.4, 0.5) is 0 Å². The molecule has 2 rings (SSSR count). The van der Waals surface area contributed by atoms with Gasteiger partial charge in [0.25, 0.3) is 0 Å². The number of nitrogens with zero attached hydrogens (tertiary/aromatic N) is 3. The number of carbonyl (C=O) groups is 1. The number of esters is 1. The lowest BCUT2D eigenvalue weighted by atomic mass is 10.4. The number of methoxy groups -OCH3 is 1. The normalized spacial score (nSPS) is 10.4. The van der Waals surface area contributed by atoms with Gasteiger partial charge in [-0.2, -0.15) is 5.10 Å². The summed E-state index contributed by atoms with van der Waals surface area (Å²) in [4.78, 5) is 15.4. The van der Waals surface area contributed by atoms with Crippen LogP contribution in [0.25, 0.3) is 5.65 Å². The summed E-state index contributed by atoms with van der Waals surface area (Å²) in [5.74, 6) is -0.445. The third-order valence-corrected chi connectivity index (χ3v) is 2.71. The fourth-order valence-corrected chi connectivity index (χ4v) is 1.80. The van der Waals surface area contributed by atoms with E-state index in [1.54, 1.807) is 23.0 Å². The molecule has 14 heavy (non-hydrogen) atoms. The molecule has 0 N–H and O–H groups in total. The second-order valence-corrected chi connectivity index (χ2v) is 3.62. The molecule has 0 radical (unpaired) electrons. The summed E-state index contributed by atoms with van der Waals surface area (Å²) in [5.41, 5.74) is 0.959. The van der Waals surface area contributed by atoms with Crippen LogP contribution in [0, 0.1) is 3.57 Å². The third kappa shape index (κ3) is 1.35. The number of hydrogen-bond acceptors (Lipinski definition) is 4. The summed E-state index contributed by atoms with van der Waals surface area (Å²) in [6, 6.07) is 1.75. The average molecular weight is 303 g/mol. The summed E-state index contributed by atoms with van der Waals surface area (Å²) < 4.78 is 6.85. The topological polar surface area (TPSA) is 56.5 Å². The van der Waals surface area contributed by atoms with Crippen molar-refractivity contribution in [2.75, 3.05) is 7.11 Å². The zero-order valence-electron chi connectivity index (χ0n) is 7.27. The van der Waals surface area contributed by atoms with Crippen molar-refractivity contribution < 1.29 is 9.53 Å². The van der Waals surface area contributed by atoms with Gasteiger partial charge in [-0.25, -0.2) is 14.3 Å². The molecule has 72 valence electrons. The summed E-state index contributed by atoms with van der Waals surface area (Å²) >= 11 is 2.03. The van der Waals surface area contributed by atoms with Crippen molar-refractivity contribution in [2.45, 2.75) is 0 Å². The Balaban J connectivity index is 2.68. The van der Waals surface area contributed by atoms with Crippen LogP contribution >= 0.6 is 22.6 Å². The fourth-order valence-electron chi connectivity index (χ4n) is 1.09. The predicted molar refractivity (Wildman–Crippen MR) is 57.0 cm³/mol. The maximum absolute atomic E-state index is 11.3. The average Bonchev–Trinajstić information content (AvgIpc) is 2.56. The lowest BCUT2D eigenvalue weighted by molar-refractivity contribution is 0.0592.